The third-order valence-corrected chi connectivity index (χ3v) is 2.61. The molecular weight excluding hydrogens is 182 g/mol. The van der Waals surface area contributed by atoms with Crippen LogP contribution in [0.2, 0.25) is 0 Å². The molecule has 1 N–H and O–H groups in total. The fraction of sp³-hybridized carbons (Fsp3) is 1.00. The average molecular weight is 213 g/mol. The van der Waals surface area contributed by atoms with Gasteiger partial charge in [0.1, 0.15) is 0 Å². The molecule has 0 amide bonds. The summed E-state index contributed by atoms with van der Waals surface area (Å²) >= 11 is 0. The van der Waals surface area contributed by atoms with Crippen molar-refractivity contribution in [3.63, 3.8) is 0 Å². The summed E-state index contributed by atoms with van der Waals surface area (Å²) in [4.78, 5) is 0. The van der Waals surface area contributed by atoms with E-state index in [1.807, 2.05) is 0 Å². The Hall–Kier alpha value is -0.0400. The number of hydrogen-bond acceptors (Lipinski definition) is 1. The van der Waals surface area contributed by atoms with Crippen LogP contribution in [0.4, 0.5) is 0 Å². The van der Waals surface area contributed by atoms with Crippen LogP contribution in [0.3, 0.4) is 0 Å². The Morgan fingerprint density at radius 2 is 1.33 bits per heavy atom. The van der Waals surface area contributed by atoms with Crippen molar-refractivity contribution in [2.24, 2.45) is 5.41 Å². The van der Waals surface area contributed by atoms with Crippen LogP contribution in [-0.2, 0) is 0 Å². The first-order valence-corrected chi connectivity index (χ1v) is 6.77. The molecule has 0 aliphatic heterocycles. The highest BCUT2D eigenvalue weighted by Crippen LogP contribution is 2.10. The van der Waals surface area contributed by atoms with Crippen LogP contribution in [0.25, 0.3) is 0 Å². The second-order valence-corrected chi connectivity index (χ2v) is 5.86. The minimum Gasteiger partial charge on any atom is -0.316 e. The van der Waals surface area contributed by atoms with Gasteiger partial charge in [0.15, 0.2) is 0 Å². The molecule has 0 heterocycles. The zero-order chi connectivity index (χ0) is 11.6. The minimum atomic E-state index is 0.432. The van der Waals surface area contributed by atoms with Gasteiger partial charge in [-0.2, -0.15) is 0 Å². The molecule has 0 saturated carbocycles. The predicted octanol–water partition coefficient (Wildman–Crippen LogP) is 4.37. The minimum absolute atomic E-state index is 0.432. The molecule has 0 rings (SSSR count). The largest absolute Gasteiger partial charge is 0.316 e. The lowest BCUT2D eigenvalue weighted by atomic mass is 9.97. The molecule has 0 unspecified atom stereocenters. The van der Waals surface area contributed by atoms with Gasteiger partial charge in [0, 0.05) is 0 Å². The number of hydrogen-bond donors (Lipinski definition) is 1. The summed E-state index contributed by atoms with van der Waals surface area (Å²) in [5.74, 6) is 0. The summed E-state index contributed by atoms with van der Waals surface area (Å²) in [6, 6.07) is 0. The molecule has 0 atom stereocenters. The van der Waals surface area contributed by atoms with E-state index in [-0.39, 0.29) is 0 Å². The summed E-state index contributed by atoms with van der Waals surface area (Å²) in [6.45, 7) is 11.5. The van der Waals surface area contributed by atoms with Gasteiger partial charge in [-0.25, -0.2) is 0 Å². The Morgan fingerprint density at radius 1 is 0.800 bits per heavy atom. The summed E-state index contributed by atoms with van der Waals surface area (Å²) in [5, 5.41) is 3.53. The lowest BCUT2D eigenvalue weighted by molar-refractivity contribution is 0.377. The Kier molecular flexibility index (Phi) is 9.18. The smallest absolute Gasteiger partial charge is 0.0000126 e. The molecule has 0 aromatic carbocycles. The van der Waals surface area contributed by atoms with E-state index in [1.54, 1.807) is 0 Å². The number of rotatable bonds is 9. The van der Waals surface area contributed by atoms with Crippen LogP contribution in [0.5, 0.6) is 0 Å². The highest BCUT2D eigenvalue weighted by Gasteiger charge is 2.07. The molecule has 0 spiro atoms. The Labute approximate surface area is 97.0 Å². The molecule has 1 heteroatoms. The van der Waals surface area contributed by atoms with Crippen LogP contribution in [0.1, 0.15) is 72.6 Å². The highest BCUT2D eigenvalue weighted by molar-refractivity contribution is 4.64. The molecule has 1 nitrogen and oxygen atoms in total. The molecular formula is C14H31N. The van der Waals surface area contributed by atoms with E-state index in [2.05, 4.69) is 33.0 Å². The second-order valence-electron chi connectivity index (χ2n) is 5.86. The molecule has 15 heavy (non-hydrogen) atoms. The second kappa shape index (κ2) is 9.21. The lowest BCUT2D eigenvalue weighted by Crippen LogP contribution is -2.27. The van der Waals surface area contributed by atoms with Gasteiger partial charge in [0.2, 0.25) is 0 Å². The van der Waals surface area contributed by atoms with E-state index in [0.717, 1.165) is 6.54 Å². The van der Waals surface area contributed by atoms with E-state index in [0.29, 0.717) is 5.41 Å². The molecule has 0 fully saturated rings. The standard InChI is InChI=1S/C14H31N/c1-5-6-7-8-9-10-11-12-15-13-14(2,3)4/h15H,5-13H2,1-4H3. The summed E-state index contributed by atoms with van der Waals surface area (Å²) < 4.78 is 0. The van der Waals surface area contributed by atoms with E-state index in [4.69, 9.17) is 0 Å². The molecule has 0 aromatic heterocycles. The van der Waals surface area contributed by atoms with Gasteiger partial charge in [-0.05, 0) is 24.9 Å². The third kappa shape index (κ3) is 14.0. The fourth-order valence-electron chi connectivity index (χ4n) is 1.67. The monoisotopic (exact) mass is 213 g/mol. The summed E-state index contributed by atoms with van der Waals surface area (Å²) in [6.07, 6.45) is 9.83. The first kappa shape index (κ1) is 15.0. The van der Waals surface area contributed by atoms with E-state index >= 15 is 0 Å². The van der Waals surface area contributed by atoms with Gasteiger partial charge in [-0.15, -0.1) is 0 Å². The van der Waals surface area contributed by atoms with Crippen molar-refractivity contribution in [1.29, 1.82) is 0 Å². The van der Waals surface area contributed by atoms with E-state index in [9.17, 15) is 0 Å². The van der Waals surface area contributed by atoms with Crippen LogP contribution in [0.15, 0.2) is 0 Å². The molecule has 0 aliphatic carbocycles. The maximum absolute atomic E-state index is 3.53. The van der Waals surface area contributed by atoms with Crippen molar-refractivity contribution in [1.82, 2.24) is 5.32 Å². The molecule has 92 valence electrons. The van der Waals surface area contributed by atoms with Gasteiger partial charge in [0.05, 0.1) is 0 Å². The molecule has 0 bridgehead atoms. The molecule has 0 radical (unpaired) electrons. The van der Waals surface area contributed by atoms with E-state index < -0.39 is 0 Å². The Balaban J connectivity index is 2.99. The predicted molar refractivity (Wildman–Crippen MR) is 70.3 cm³/mol. The molecule has 0 aromatic rings. The van der Waals surface area contributed by atoms with Crippen LogP contribution >= 0.6 is 0 Å². The highest BCUT2D eigenvalue weighted by atomic mass is 14.9. The van der Waals surface area contributed by atoms with Gasteiger partial charge >= 0.3 is 0 Å². The van der Waals surface area contributed by atoms with Crippen LogP contribution in [-0.4, -0.2) is 13.1 Å². The zero-order valence-electron chi connectivity index (χ0n) is 11.4. The van der Waals surface area contributed by atoms with Crippen molar-refractivity contribution in [2.75, 3.05) is 13.1 Å². The Bertz CT molecular complexity index is 124. The third-order valence-electron chi connectivity index (χ3n) is 2.61. The number of unbranched alkanes of at least 4 members (excludes halogenated alkanes) is 6. The van der Waals surface area contributed by atoms with Crippen molar-refractivity contribution in [3.05, 3.63) is 0 Å². The molecule has 0 saturated heterocycles. The van der Waals surface area contributed by atoms with Gasteiger partial charge < -0.3 is 5.32 Å². The van der Waals surface area contributed by atoms with Crippen molar-refractivity contribution < 1.29 is 0 Å². The first-order chi connectivity index (χ1) is 7.06. The van der Waals surface area contributed by atoms with Crippen LogP contribution < -0.4 is 5.32 Å². The zero-order valence-corrected chi connectivity index (χ0v) is 11.4. The van der Waals surface area contributed by atoms with Gasteiger partial charge in [-0.3, -0.25) is 0 Å². The molecule has 0 aliphatic rings. The number of nitrogens with one attached hydrogen (secondary N) is 1. The topological polar surface area (TPSA) is 12.0 Å². The maximum Gasteiger partial charge on any atom is -0.0000126 e. The van der Waals surface area contributed by atoms with Crippen molar-refractivity contribution in [3.8, 4) is 0 Å². The average Bonchev–Trinajstić information content (AvgIpc) is 2.14. The quantitative estimate of drug-likeness (QED) is 0.561. The van der Waals surface area contributed by atoms with E-state index in [1.165, 1.54) is 51.5 Å². The van der Waals surface area contributed by atoms with Gasteiger partial charge in [-0.1, -0.05) is 66.2 Å². The van der Waals surface area contributed by atoms with Gasteiger partial charge in [0.25, 0.3) is 0 Å². The summed E-state index contributed by atoms with van der Waals surface area (Å²) in [7, 11) is 0. The summed E-state index contributed by atoms with van der Waals surface area (Å²) in [5.41, 5.74) is 0.432. The van der Waals surface area contributed by atoms with Crippen LogP contribution in [0, 0.1) is 5.41 Å². The lowest BCUT2D eigenvalue weighted by Gasteiger charge is -2.18. The fourth-order valence-corrected chi connectivity index (χ4v) is 1.67. The van der Waals surface area contributed by atoms with Crippen molar-refractivity contribution in [2.45, 2.75) is 72.6 Å². The maximum atomic E-state index is 3.53. The Morgan fingerprint density at radius 3 is 1.87 bits per heavy atom. The first-order valence-electron chi connectivity index (χ1n) is 6.77. The normalized spacial score (nSPS) is 12.0. The SMILES string of the molecule is CCCCCCCCCNCC(C)(C)C. The van der Waals surface area contributed by atoms with Crippen molar-refractivity contribution >= 4 is 0 Å².